The average Bonchev–Trinajstić information content (AvgIpc) is 2.36. The minimum atomic E-state index is -0.870. The number of amides is 1. The van der Waals surface area contributed by atoms with Gasteiger partial charge in [0.15, 0.2) is 0 Å². The van der Waals surface area contributed by atoms with Gasteiger partial charge in [0, 0.05) is 5.25 Å². The van der Waals surface area contributed by atoms with Crippen molar-refractivity contribution in [3.05, 3.63) is 35.6 Å². The maximum atomic E-state index is 12.8. The zero-order chi connectivity index (χ0) is 15.1. The van der Waals surface area contributed by atoms with Crippen LogP contribution in [0.5, 0.6) is 0 Å². The van der Waals surface area contributed by atoms with Gasteiger partial charge in [0.2, 0.25) is 5.91 Å². The fourth-order valence-electron chi connectivity index (χ4n) is 1.64. The van der Waals surface area contributed by atoms with Gasteiger partial charge in [-0.05, 0) is 24.6 Å². The van der Waals surface area contributed by atoms with E-state index in [-0.39, 0.29) is 35.2 Å². The van der Waals surface area contributed by atoms with Gasteiger partial charge in [0.1, 0.15) is 5.82 Å². The highest BCUT2D eigenvalue weighted by atomic mass is 32.2. The zero-order valence-electron chi connectivity index (χ0n) is 11.4. The molecule has 0 aliphatic rings. The highest BCUT2D eigenvalue weighted by Crippen LogP contribution is 2.16. The van der Waals surface area contributed by atoms with Crippen molar-refractivity contribution in [2.24, 2.45) is 0 Å². The number of benzene rings is 1. The van der Waals surface area contributed by atoms with E-state index in [2.05, 4.69) is 5.32 Å². The van der Waals surface area contributed by atoms with E-state index in [0.717, 1.165) is 5.56 Å². The molecule has 0 radical (unpaired) electrons. The van der Waals surface area contributed by atoms with Gasteiger partial charge < -0.3 is 10.4 Å². The minimum Gasteiger partial charge on any atom is -0.481 e. The van der Waals surface area contributed by atoms with Gasteiger partial charge in [-0.25, -0.2) is 4.39 Å². The third-order valence-electron chi connectivity index (χ3n) is 2.71. The van der Waals surface area contributed by atoms with Crippen molar-refractivity contribution in [1.29, 1.82) is 0 Å². The number of thioether (sulfide) groups is 1. The third kappa shape index (κ3) is 6.06. The number of carboxylic acid groups (broad SMARTS) is 1. The Balaban J connectivity index is 2.38. The Kier molecular flexibility index (Phi) is 6.51. The number of nitrogens with one attached hydrogen (secondary N) is 1. The van der Waals surface area contributed by atoms with Crippen molar-refractivity contribution in [2.75, 3.05) is 5.75 Å². The maximum absolute atomic E-state index is 12.8. The zero-order valence-corrected chi connectivity index (χ0v) is 12.2. The number of hydrogen-bond donors (Lipinski definition) is 2. The van der Waals surface area contributed by atoms with E-state index in [0.29, 0.717) is 0 Å². The van der Waals surface area contributed by atoms with E-state index >= 15 is 0 Å². The lowest BCUT2D eigenvalue weighted by molar-refractivity contribution is -0.136. The highest BCUT2D eigenvalue weighted by Gasteiger charge is 2.13. The third-order valence-corrected chi connectivity index (χ3v) is 3.87. The highest BCUT2D eigenvalue weighted by molar-refractivity contribution is 8.00. The summed E-state index contributed by atoms with van der Waals surface area (Å²) in [5.41, 5.74) is 0.823. The summed E-state index contributed by atoms with van der Waals surface area (Å²) in [6.07, 6.45) is 0.0332. The molecule has 0 aliphatic carbocycles. The van der Waals surface area contributed by atoms with Crippen LogP contribution in [0.2, 0.25) is 0 Å². The Morgan fingerprint density at radius 1 is 1.30 bits per heavy atom. The van der Waals surface area contributed by atoms with Crippen molar-refractivity contribution < 1.29 is 19.1 Å². The lowest BCUT2D eigenvalue weighted by atomic mass is 10.1. The summed E-state index contributed by atoms with van der Waals surface area (Å²) in [5, 5.41) is 11.3. The van der Waals surface area contributed by atoms with Gasteiger partial charge >= 0.3 is 5.97 Å². The second kappa shape index (κ2) is 7.89. The van der Waals surface area contributed by atoms with Crippen LogP contribution in [0, 0.1) is 5.82 Å². The van der Waals surface area contributed by atoms with Crippen LogP contribution < -0.4 is 5.32 Å². The van der Waals surface area contributed by atoms with Crippen LogP contribution in [0.15, 0.2) is 24.3 Å². The van der Waals surface area contributed by atoms with Crippen LogP contribution in [0.25, 0.3) is 0 Å². The van der Waals surface area contributed by atoms with E-state index in [4.69, 9.17) is 5.11 Å². The molecule has 0 bridgehead atoms. The molecule has 1 amide bonds. The number of hydrogen-bond acceptors (Lipinski definition) is 3. The minimum absolute atomic E-state index is 0.0332. The molecule has 0 saturated heterocycles. The van der Waals surface area contributed by atoms with Crippen LogP contribution >= 0.6 is 11.8 Å². The smallest absolute Gasteiger partial charge is 0.304 e. The molecule has 0 aliphatic heterocycles. The number of carboxylic acids is 1. The van der Waals surface area contributed by atoms with Crippen molar-refractivity contribution in [3.63, 3.8) is 0 Å². The molecule has 0 heterocycles. The van der Waals surface area contributed by atoms with E-state index in [9.17, 15) is 14.0 Å². The first-order chi connectivity index (χ1) is 9.38. The summed E-state index contributed by atoms with van der Waals surface area (Å²) in [6.45, 7) is 3.59. The summed E-state index contributed by atoms with van der Waals surface area (Å²) in [6, 6.07) is 5.74. The maximum Gasteiger partial charge on any atom is 0.304 e. The number of carbonyl (C=O) groups is 2. The molecule has 2 N–H and O–H groups in total. The number of rotatable bonds is 7. The Morgan fingerprint density at radius 2 is 1.90 bits per heavy atom. The largest absolute Gasteiger partial charge is 0.481 e. The van der Waals surface area contributed by atoms with Gasteiger partial charge in [-0.3, -0.25) is 9.59 Å². The van der Waals surface area contributed by atoms with E-state index < -0.39 is 5.97 Å². The molecular weight excluding hydrogens is 281 g/mol. The molecule has 110 valence electrons. The van der Waals surface area contributed by atoms with E-state index in [1.165, 1.54) is 23.9 Å². The quantitative estimate of drug-likeness (QED) is 0.812. The van der Waals surface area contributed by atoms with Crippen molar-refractivity contribution in [1.82, 2.24) is 5.32 Å². The monoisotopic (exact) mass is 299 g/mol. The van der Waals surface area contributed by atoms with Gasteiger partial charge in [0.25, 0.3) is 0 Å². The van der Waals surface area contributed by atoms with Crippen LogP contribution in [0.1, 0.15) is 31.9 Å². The Hall–Kier alpha value is -1.56. The standard InChI is InChI=1S/C14H18FNO3S/c1-9(7-14(18)19)20-8-13(17)16-10(2)11-3-5-12(15)6-4-11/h3-6,9-10H,7-8H2,1-2H3,(H,16,17)(H,18,19). The van der Waals surface area contributed by atoms with Gasteiger partial charge in [-0.1, -0.05) is 19.1 Å². The summed E-state index contributed by atoms with van der Waals surface area (Å²) < 4.78 is 12.8. The van der Waals surface area contributed by atoms with Crippen LogP contribution in [0.3, 0.4) is 0 Å². The van der Waals surface area contributed by atoms with Crippen LogP contribution in [-0.4, -0.2) is 28.0 Å². The molecule has 6 heteroatoms. The summed E-state index contributed by atoms with van der Waals surface area (Å²) in [7, 11) is 0. The molecule has 20 heavy (non-hydrogen) atoms. The second-order valence-electron chi connectivity index (χ2n) is 4.56. The Morgan fingerprint density at radius 3 is 2.45 bits per heavy atom. The molecule has 0 spiro atoms. The van der Waals surface area contributed by atoms with Crippen molar-refractivity contribution in [2.45, 2.75) is 31.6 Å². The second-order valence-corrected chi connectivity index (χ2v) is 5.99. The fraction of sp³-hybridized carbons (Fsp3) is 0.429. The Labute approximate surface area is 121 Å². The van der Waals surface area contributed by atoms with Crippen molar-refractivity contribution in [3.8, 4) is 0 Å². The molecule has 1 rings (SSSR count). The molecule has 0 fully saturated rings. The summed E-state index contributed by atoms with van der Waals surface area (Å²) >= 11 is 1.30. The number of aliphatic carboxylic acids is 1. The van der Waals surface area contributed by atoms with Gasteiger partial charge in [0.05, 0.1) is 18.2 Å². The van der Waals surface area contributed by atoms with Crippen LogP contribution in [-0.2, 0) is 9.59 Å². The van der Waals surface area contributed by atoms with Crippen molar-refractivity contribution >= 4 is 23.6 Å². The molecule has 0 saturated carbocycles. The first-order valence-corrected chi connectivity index (χ1v) is 7.31. The van der Waals surface area contributed by atoms with Crippen LogP contribution in [0.4, 0.5) is 4.39 Å². The lowest BCUT2D eigenvalue weighted by Gasteiger charge is -2.15. The molecule has 2 atom stereocenters. The summed E-state index contributed by atoms with van der Waals surface area (Å²) in [4.78, 5) is 22.2. The molecule has 0 aromatic heterocycles. The normalized spacial score (nSPS) is 13.6. The van der Waals surface area contributed by atoms with E-state index in [1.807, 2.05) is 6.92 Å². The molecular formula is C14H18FNO3S. The predicted molar refractivity (Wildman–Crippen MR) is 77.1 cm³/mol. The molecule has 1 aromatic carbocycles. The lowest BCUT2D eigenvalue weighted by Crippen LogP contribution is -2.28. The molecule has 2 unspecified atom stereocenters. The first-order valence-electron chi connectivity index (χ1n) is 6.26. The average molecular weight is 299 g/mol. The fourth-order valence-corrected chi connectivity index (χ4v) is 2.42. The number of halogens is 1. The Bertz CT molecular complexity index is 464. The van der Waals surface area contributed by atoms with E-state index in [1.54, 1.807) is 19.1 Å². The molecule has 4 nitrogen and oxygen atoms in total. The number of carbonyl (C=O) groups excluding carboxylic acids is 1. The van der Waals surface area contributed by atoms with Gasteiger partial charge in [-0.2, -0.15) is 0 Å². The SMILES string of the molecule is CC(CC(=O)O)SCC(=O)NC(C)c1ccc(F)cc1. The topological polar surface area (TPSA) is 66.4 Å². The first kappa shape index (κ1) is 16.5. The summed E-state index contributed by atoms with van der Waals surface area (Å²) in [5.74, 6) is -1.14. The predicted octanol–water partition coefficient (Wildman–Crippen LogP) is 2.60. The molecule has 1 aromatic rings. The van der Waals surface area contributed by atoms with Gasteiger partial charge in [-0.15, -0.1) is 11.8 Å².